The van der Waals surface area contributed by atoms with Crippen molar-refractivity contribution >= 4 is 35.1 Å². The summed E-state index contributed by atoms with van der Waals surface area (Å²) < 4.78 is 0. The van der Waals surface area contributed by atoms with Gasteiger partial charge in [-0.25, -0.2) is 0 Å². The number of Topliss-reactive ketones (excluding diaryl/α,β-unsaturated/α-hetero) is 2. The van der Waals surface area contributed by atoms with Gasteiger partial charge in [-0.2, -0.15) is 0 Å². The Morgan fingerprint density at radius 2 is 1.57 bits per heavy atom. The lowest BCUT2D eigenvalue weighted by molar-refractivity contribution is 0.0997. The molecule has 2 aromatic carbocycles. The van der Waals surface area contributed by atoms with Gasteiger partial charge in [0.1, 0.15) is 0 Å². The minimum absolute atomic E-state index is 0.0171. The zero-order valence-corrected chi connectivity index (χ0v) is 12.3. The number of hydrogen-bond acceptors (Lipinski definition) is 3. The molecular formula is C17H14ClNO2. The second kappa shape index (κ2) is 6.95. The number of carbonyl (C=O) groups excluding carboxylic acids is 2. The third kappa shape index (κ3) is 4.36. The standard InChI is InChI=1S/C17H14ClNO2/c1-12(20)13-4-8-16(9-5-13)19-11-10-17(21)14-2-6-15(18)7-3-14/h2-9,11H,10H2,1H3. The summed E-state index contributed by atoms with van der Waals surface area (Å²) in [6.07, 6.45) is 1.79. The van der Waals surface area contributed by atoms with Crippen molar-refractivity contribution in [3.8, 4) is 0 Å². The first-order valence-electron chi connectivity index (χ1n) is 6.48. The molecule has 0 aliphatic rings. The maximum absolute atomic E-state index is 11.9. The molecule has 0 atom stereocenters. The highest BCUT2D eigenvalue weighted by Gasteiger charge is 2.03. The van der Waals surface area contributed by atoms with Gasteiger partial charge in [0.05, 0.1) is 5.69 Å². The monoisotopic (exact) mass is 299 g/mol. The van der Waals surface area contributed by atoms with E-state index in [1.54, 1.807) is 54.7 Å². The van der Waals surface area contributed by atoms with Crippen LogP contribution in [0.25, 0.3) is 0 Å². The van der Waals surface area contributed by atoms with Crippen molar-refractivity contribution in [2.24, 2.45) is 4.99 Å². The Kier molecular flexibility index (Phi) is 5.01. The molecule has 0 radical (unpaired) electrons. The predicted molar refractivity (Wildman–Crippen MR) is 85.0 cm³/mol. The molecule has 0 aromatic heterocycles. The van der Waals surface area contributed by atoms with Crippen LogP contribution in [0.3, 0.4) is 0 Å². The Balaban J connectivity index is 1.97. The van der Waals surface area contributed by atoms with Crippen LogP contribution < -0.4 is 0 Å². The zero-order chi connectivity index (χ0) is 15.2. The number of nitrogens with zero attached hydrogens (tertiary/aromatic N) is 1. The van der Waals surface area contributed by atoms with E-state index >= 15 is 0 Å². The quantitative estimate of drug-likeness (QED) is 0.602. The van der Waals surface area contributed by atoms with Crippen molar-refractivity contribution in [3.05, 3.63) is 64.7 Å². The molecule has 0 spiro atoms. The Labute approximate surface area is 128 Å². The Morgan fingerprint density at radius 3 is 2.14 bits per heavy atom. The highest BCUT2D eigenvalue weighted by atomic mass is 35.5. The first-order valence-corrected chi connectivity index (χ1v) is 6.86. The molecule has 106 valence electrons. The van der Waals surface area contributed by atoms with Gasteiger partial charge >= 0.3 is 0 Å². The maximum atomic E-state index is 11.9. The number of ketones is 2. The molecule has 0 unspecified atom stereocenters. The summed E-state index contributed by atoms with van der Waals surface area (Å²) in [5.74, 6) is -0.000724. The summed E-state index contributed by atoms with van der Waals surface area (Å²) in [6, 6.07) is 13.7. The van der Waals surface area contributed by atoms with E-state index in [9.17, 15) is 9.59 Å². The van der Waals surface area contributed by atoms with E-state index in [1.807, 2.05) is 0 Å². The van der Waals surface area contributed by atoms with E-state index in [0.29, 0.717) is 21.8 Å². The van der Waals surface area contributed by atoms with E-state index in [4.69, 9.17) is 11.6 Å². The van der Waals surface area contributed by atoms with Crippen molar-refractivity contribution in [2.75, 3.05) is 0 Å². The zero-order valence-electron chi connectivity index (χ0n) is 11.5. The van der Waals surface area contributed by atoms with Gasteiger partial charge in [-0.1, -0.05) is 11.6 Å². The van der Waals surface area contributed by atoms with Gasteiger partial charge in [0.15, 0.2) is 11.6 Å². The first-order chi connectivity index (χ1) is 10.1. The van der Waals surface area contributed by atoms with Crippen LogP contribution in [-0.4, -0.2) is 17.8 Å². The number of hydrogen-bond donors (Lipinski definition) is 0. The van der Waals surface area contributed by atoms with Crippen molar-refractivity contribution in [1.29, 1.82) is 0 Å². The van der Waals surface area contributed by atoms with Crippen LogP contribution in [0.2, 0.25) is 5.02 Å². The normalized spacial score (nSPS) is 10.8. The second-order valence-corrected chi connectivity index (χ2v) is 4.99. The van der Waals surface area contributed by atoms with Crippen LogP contribution in [0, 0.1) is 0 Å². The summed E-state index contributed by atoms with van der Waals surface area (Å²) >= 11 is 5.77. The lowest BCUT2D eigenvalue weighted by Gasteiger charge is -1.98. The number of benzene rings is 2. The van der Waals surface area contributed by atoms with E-state index < -0.39 is 0 Å². The van der Waals surface area contributed by atoms with Crippen molar-refractivity contribution in [2.45, 2.75) is 13.3 Å². The van der Waals surface area contributed by atoms with E-state index in [2.05, 4.69) is 4.99 Å². The Morgan fingerprint density at radius 1 is 1.00 bits per heavy atom. The average molecular weight is 300 g/mol. The molecule has 2 aromatic rings. The summed E-state index contributed by atoms with van der Waals surface area (Å²) in [5, 5.41) is 0.603. The van der Waals surface area contributed by atoms with Gasteiger partial charge in [0.2, 0.25) is 0 Å². The van der Waals surface area contributed by atoms with Gasteiger partial charge in [-0.15, -0.1) is 0 Å². The molecule has 0 amide bonds. The average Bonchev–Trinajstić information content (AvgIpc) is 2.48. The molecule has 0 heterocycles. The topological polar surface area (TPSA) is 46.5 Å². The molecule has 3 nitrogen and oxygen atoms in total. The fourth-order valence-corrected chi connectivity index (χ4v) is 1.90. The lowest BCUT2D eigenvalue weighted by atomic mass is 10.1. The Bertz CT molecular complexity index is 673. The maximum Gasteiger partial charge on any atom is 0.168 e. The van der Waals surface area contributed by atoms with Crippen molar-refractivity contribution in [3.63, 3.8) is 0 Å². The van der Waals surface area contributed by atoms with Gasteiger partial charge in [-0.3, -0.25) is 14.6 Å². The number of carbonyl (C=O) groups is 2. The number of halogens is 1. The van der Waals surface area contributed by atoms with Gasteiger partial charge < -0.3 is 0 Å². The van der Waals surface area contributed by atoms with Crippen LogP contribution >= 0.6 is 11.6 Å². The fraction of sp³-hybridized carbons (Fsp3) is 0.118. The van der Waals surface area contributed by atoms with E-state index in [1.165, 1.54) is 6.92 Å². The SMILES string of the molecule is CC(=O)c1ccc(N=CCC(=O)c2ccc(Cl)cc2)cc1. The Hall–Kier alpha value is -2.26. The molecule has 0 aliphatic carbocycles. The lowest BCUT2D eigenvalue weighted by Crippen LogP contribution is -1.98. The highest BCUT2D eigenvalue weighted by Crippen LogP contribution is 2.14. The number of rotatable bonds is 5. The van der Waals surface area contributed by atoms with Gasteiger partial charge in [0.25, 0.3) is 0 Å². The van der Waals surface area contributed by atoms with Crippen LogP contribution in [0.1, 0.15) is 34.1 Å². The van der Waals surface area contributed by atoms with Gasteiger partial charge in [0, 0.05) is 28.8 Å². The third-order valence-corrected chi connectivity index (χ3v) is 3.21. The molecule has 0 N–H and O–H groups in total. The van der Waals surface area contributed by atoms with Crippen LogP contribution in [0.15, 0.2) is 53.5 Å². The molecule has 4 heteroatoms. The predicted octanol–water partition coefficient (Wildman–Crippen LogP) is 4.52. The summed E-state index contributed by atoms with van der Waals surface area (Å²) in [7, 11) is 0. The largest absolute Gasteiger partial charge is 0.295 e. The summed E-state index contributed by atoms with van der Waals surface area (Å²) in [5.41, 5.74) is 1.97. The molecule has 0 fully saturated rings. The molecule has 0 aliphatic heterocycles. The third-order valence-electron chi connectivity index (χ3n) is 2.96. The summed E-state index contributed by atoms with van der Waals surface area (Å²) in [4.78, 5) is 27.3. The van der Waals surface area contributed by atoms with Crippen molar-refractivity contribution < 1.29 is 9.59 Å². The minimum atomic E-state index is -0.0178. The molecule has 2 rings (SSSR count). The van der Waals surface area contributed by atoms with Crippen LogP contribution in [0.4, 0.5) is 5.69 Å². The van der Waals surface area contributed by atoms with E-state index in [0.717, 1.165) is 0 Å². The van der Waals surface area contributed by atoms with E-state index in [-0.39, 0.29) is 18.0 Å². The first kappa shape index (κ1) is 15.1. The second-order valence-electron chi connectivity index (χ2n) is 4.55. The van der Waals surface area contributed by atoms with Crippen molar-refractivity contribution in [1.82, 2.24) is 0 Å². The molecule has 21 heavy (non-hydrogen) atoms. The summed E-state index contributed by atoms with van der Waals surface area (Å²) in [6.45, 7) is 1.52. The number of aliphatic imine (C=N–C) groups is 1. The molecule has 0 saturated heterocycles. The van der Waals surface area contributed by atoms with Gasteiger partial charge in [-0.05, 0) is 55.5 Å². The molecule has 0 bridgehead atoms. The highest BCUT2D eigenvalue weighted by molar-refractivity contribution is 6.30. The van der Waals surface area contributed by atoms with Crippen LogP contribution in [-0.2, 0) is 0 Å². The molecular weight excluding hydrogens is 286 g/mol. The smallest absolute Gasteiger partial charge is 0.168 e. The molecule has 0 saturated carbocycles. The van der Waals surface area contributed by atoms with Crippen LogP contribution in [0.5, 0.6) is 0 Å². The fourth-order valence-electron chi connectivity index (χ4n) is 1.77. The minimum Gasteiger partial charge on any atom is -0.295 e.